The van der Waals surface area contributed by atoms with Gasteiger partial charge >= 0.3 is 6.03 Å². The largest absolute Gasteiger partial charge is 0.338 e. The number of nitrogens with one attached hydrogen (secondary N) is 2. The molecule has 1 aliphatic heterocycles. The van der Waals surface area contributed by atoms with Crippen molar-refractivity contribution in [3.8, 4) is 0 Å². The van der Waals surface area contributed by atoms with Gasteiger partial charge in [0, 0.05) is 25.0 Å². The lowest BCUT2D eigenvalue weighted by molar-refractivity contribution is -0.130. The quantitative estimate of drug-likeness (QED) is 0.842. The van der Waals surface area contributed by atoms with E-state index in [1.165, 1.54) is 38.5 Å². The van der Waals surface area contributed by atoms with Crippen LogP contribution in [0, 0.1) is 0 Å². The highest BCUT2D eigenvalue weighted by Gasteiger charge is 2.35. The zero-order chi connectivity index (χ0) is 15.4. The molecule has 3 amide bonds. The van der Waals surface area contributed by atoms with Gasteiger partial charge in [0.25, 0.3) is 0 Å². The van der Waals surface area contributed by atoms with Gasteiger partial charge in [-0.15, -0.1) is 0 Å². The normalized spacial score (nSPS) is 27.9. The molecule has 0 aromatic rings. The minimum Gasteiger partial charge on any atom is -0.338 e. The molecule has 22 heavy (non-hydrogen) atoms. The van der Waals surface area contributed by atoms with Crippen molar-refractivity contribution in [3.05, 3.63) is 0 Å². The lowest BCUT2D eigenvalue weighted by atomic mass is 9.94. The van der Waals surface area contributed by atoms with Crippen molar-refractivity contribution >= 4 is 11.9 Å². The third-order valence-electron chi connectivity index (χ3n) is 5.45. The smallest absolute Gasteiger partial charge is 0.315 e. The summed E-state index contributed by atoms with van der Waals surface area (Å²) in [5.74, 6) is 0.217. The van der Waals surface area contributed by atoms with Gasteiger partial charge in [-0.1, -0.05) is 38.5 Å². The van der Waals surface area contributed by atoms with Gasteiger partial charge in [0.15, 0.2) is 0 Å². The predicted octanol–water partition coefficient (Wildman–Crippen LogP) is 2.55. The summed E-state index contributed by atoms with van der Waals surface area (Å²) in [6.45, 7) is 0.696. The van der Waals surface area contributed by atoms with Crippen LogP contribution in [-0.2, 0) is 4.79 Å². The van der Waals surface area contributed by atoms with Crippen LogP contribution in [0.15, 0.2) is 0 Å². The second kappa shape index (κ2) is 7.34. The summed E-state index contributed by atoms with van der Waals surface area (Å²) in [7, 11) is 0. The molecular formula is C17H29N3O2. The zero-order valence-electron chi connectivity index (χ0n) is 13.5. The average molecular weight is 307 g/mol. The van der Waals surface area contributed by atoms with Crippen LogP contribution < -0.4 is 10.6 Å². The third kappa shape index (κ3) is 3.93. The van der Waals surface area contributed by atoms with Gasteiger partial charge in [0.05, 0.1) is 6.04 Å². The summed E-state index contributed by atoms with van der Waals surface area (Å²) < 4.78 is 0. The van der Waals surface area contributed by atoms with Crippen molar-refractivity contribution < 1.29 is 9.59 Å². The van der Waals surface area contributed by atoms with Gasteiger partial charge in [-0.05, 0) is 25.7 Å². The first-order valence-electron chi connectivity index (χ1n) is 9.09. The number of nitrogens with zero attached hydrogens (tertiary/aromatic N) is 1. The van der Waals surface area contributed by atoms with Crippen molar-refractivity contribution in [3.63, 3.8) is 0 Å². The number of hydrogen-bond donors (Lipinski definition) is 2. The fourth-order valence-corrected chi connectivity index (χ4v) is 4.23. The molecule has 0 unspecified atom stereocenters. The van der Waals surface area contributed by atoms with Gasteiger partial charge in [-0.2, -0.15) is 0 Å². The van der Waals surface area contributed by atoms with Crippen molar-refractivity contribution in [2.24, 2.45) is 0 Å². The van der Waals surface area contributed by atoms with Gasteiger partial charge < -0.3 is 15.5 Å². The molecule has 5 nitrogen and oxygen atoms in total. The Morgan fingerprint density at radius 2 is 1.45 bits per heavy atom. The number of carbonyl (C=O) groups excluding carboxylic acids is 2. The first-order chi connectivity index (χ1) is 10.7. The molecule has 3 rings (SSSR count). The van der Waals surface area contributed by atoms with E-state index < -0.39 is 0 Å². The van der Waals surface area contributed by atoms with E-state index in [9.17, 15) is 9.59 Å². The molecule has 0 aromatic heterocycles. The van der Waals surface area contributed by atoms with E-state index in [0.29, 0.717) is 25.0 Å². The highest BCUT2D eigenvalue weighted by atomic mass is 16.2. The number of amides is 3. The molecule has 2 aliphatic carbocycles. The maximum Gasteiger partial charge on any atom is 0.315 e. The Bertz CT molecular complexity index is 401. The number of rotatable bonds is 3. The Morgan fingerprint density at radius 3 is 2.14 bits per heavy atom. The van der Waals surface area contributed by atoms with Gasteiger partial charge in [0.2, 0.25) is 5.91 Å². The Hall–Kier alpha value is -1.26. The van der Waals surface area contributed by atoms with Crippen LogP contribution in [0.2, 0.25) is 0 Å². The molecule has 0 radical (unpaired) electrons. The lowest BCUT2D eigenvalue weighted by Crippen LogP contribution is -2.48. The minimum atomic E-state index is -0.0878. The first-order valence-corrected chi connectivity index (χ1v) is 9.09. The van der Waals surface area contributed by atoms with E-state index in [4.69, 9.17) is 0 Å². The maximum absolute atomic E-state index is 12.2. The summed E-state index contributed by atoms with van der Waals surface area (Å²) >= 11 is 0. The molecule has 0 bridgehead atoms. The van der Waals surface area contributed by atoms with Crippen molar-refractivity contribution in [1.29, 1.82) is 0 Å². The summed E-state index contributed by atoms with van der Waals surface area (Å²) in [5.41, 5.74) is 0. The lowest BCUT2D eigenvalue weighted by Gasteiger charge is -2.31. The standard InChI is InChI=1S/C17H29N3O2/c21-16-11-14(12-20(16)15-9-5-2-6-10-15)19-17(22)18-13-7-3-1-4-8-13/h13-15H,1-12H2,(H2,18,19,22)/t14-/m0/s1. The molecule has 1 heterocycles. The summed E-state index contributed by atoms with van der Waals surface area (Å²) in [4.78, 5) is 26.3. The molecular weight excluding hydrogens is 278 g/mol. The fraction of sp³-hybridized carbons (Fsp3) is 0.882. The topological polar surface area (TPSA) is 61.4 Å². The minimum absolute atomic E-state index is 0.0157. The summed E-state index contributed by atoms with van der Waals surface area (Å²) in [5, 5.41) is 6.09. The first kappa shape index (κ1) is 15.6. The molecule has 124 valence electrons. The molecule has 0 aromatic carbocycles. The third-order valence-corrected chi connectivity index (χ3v) is 5.45. The highest BCUT2D eigenvalue weighted by Crippen LogP contribution is 2.26. The number of urea groups is 1. The van der Waals surface area contributed by atoms with E-state index in [-0.39, 0.29) is 18.0 Å². The van der Waals surface area contributed by atoms with Crippen LogP contribution in [0.5, 0.6) is 0 Å². The Labute approximate surface area is 133 Å². The summed E-state index contributed by atoms with van der Waals surface area (Å²) in [6.07, 6.45) is 12.4. The monoisotopic (exact) mass is 307 g/mol. The summed E-state index contributed by atoms with van der Waals surface area (Å²) in [6, 6.07) is 0.628. The number of likely N-dealkylation sites (tertiary alicyclic amines) is 1. The molecule has 1 saturated heterocycles. The zero-order valence-corrected chi connectivity index (χ0v) is 13.5. The van der Waals surface area contributed by atoms with E-state index in [1.807, 2.05) is 4.90 Å². The molecule has 5 heteroatoms. The molecule has 3 fully saturated rings. The van der Waals surface area contributed by atoms with Crippen LogP contribution in [0.25, 0.3) is 0 Å². The Morgan fingerprint density at radius 1 is 0.864 bits per heavy atom. The van der Waals surface area contributed by atoms with Crippen molar-refractivity contribution in [2.45, 2.75) is 88.8 Å². The van der Waals surface area contributed by atoms with Gasteiger partial charge in [-0.3, -0.25) is 4.79 Å². The Kier molecular flexibility index (Phi) is 5.21. The van der Waals surface area contributed by atoms with Crippen LogP contribution in [0.3, 0.4) is 0 Å². The van der Waals surface area contributed by atoms with Crippen LogP contribution in [0.4, 0.5) is 4.79 Å². The van der Waals surface area contributed by atoms with Crippen LogP contribution in [0.1, 0.15) is 70.6 Å². The second-order valence-corrected chi connectivity index (χ2v) is 7.19. The van der Waals surface area contributed by atoms with E-state index in [2.05, 4.69) is 10.6 Å². The Balaban J connectivity index is 1.44. The van der Waals surface area contributed by atoms with Crippen molar-refractivity contribution in [2.75, 3.05) is 6.54 Å². The SMILES string of the molecule is O=C(NC1CCCCC1)N[C@H]1CC(=O)N(C2CCCCC2)C1. The van der Waals surface area contributed by atoms with E-state index >= 15 is 0 Å². The molecule has 0 spiro atoms. The predicted molar refractivity (Wildman–Crippen MR) is 85.5 cm³/mol. The van der Waals surface area contributed by atoms with Gasteiger partial charge in [-0.25, -0.2) is 4.79 Å². The molecule has 2 N–H and O–H groups in total. The van der Waals surface area contributed by atoms with Crippen LogP contribution in [-0.4, -0.2) is 41.5 Å². The number of carbonyl (C=O) groups is 2. The van der Waals surface area contributed by atoms with Crippen molar-refractivity contribution in [1.82, 2.24) is 15.5 Å². The molecule has 1 atom stereocenters. The average Bonchev–Trinajstić information content (AvgIpc) is 2.89. The van der Waals surface area contributed by atoms with E-state index in [0.717, 1.165) is 25.7 Å². The van der Waals surface area contributed by atoms with E-state index in [1.54, 1.807) is 0 Å². The second-order valence-electron chi connectivity index (χ2n) is 7.19. The molecule has 2 saturated carbocycles. The maximum atomic E-state index is 12.2. The van der Waals surface area contributed by atoms with Gasteiger partial charge in [0.1, 0.15) is 0 Å². The highest BCUT2D eigenvalue weighted by molar-refractivity contribution is 5.82. The fourth-order valence-electron chi connectivity index (χ4n) is 4.23. The van der Waals surface area contributed by atoms with Crippen LogP contribution >= 0.6 is 0 Å². The number of hydrogen-bond acceptors (Lipinski definition) is 2. The molecule has 3 aliphatic rings.